The molecule has 0 spiro atoms. The molecule has 4 heteroatoms. The number of benzene rings is 1. The van der Waals surface area contributed by atoms with Gasteiger partial charge in [-0.15, -0.1) is 0 Å². The maximum atomic E-state index is 11.5. The van der Waals surface area contributed by atoms with Gasteiger partial charge in [-0.05, 0) is 11.6 Å². The van der Waals surface area contributed by atoms with Crippen molar-refractivity contribution >= 4 is 16.9 Å². The molecule has 2 rings (SSSR count). The average Bonchev–Trinajstić information content (AvgIpc) is 2.71. The minimum Gasteiger partial charge on any atom is -0.465 e. The first-order valence-electron chi connectivity index (χ1n) is 4.65. The van der Waals surface area contributed by atoms with Crippen LogP contribution in [0, 0.1) is 0 Å². The SMILES string of the molecule is COC(=O)c1c[nH]c2cccc(CN)c12. The Morgan fingerprint density at radius 1 is 1.53 bits per heavy atom. The maximum absolute atomic E-state index is 11.5. The summed E-state index contributed by atoms with van der Waals surface area (Å²) in [6.45, 7) is 0.402. The monoisotopic (exact) mass is 204 g/mol. The number of aromatic amines is 1. The lowest BCUT2D eigenvalue weighted by Crippen LogP contribution is -2.03. The number of hydrogen-bond donors (Lipinski definition) is 2. The maximum Gasteiger partial charge on any atom is 0.340 e. The Balaban J connectivity index is 2.71. The van der Waals surface area contributed by atoms with E-state index in [1.165, 1.54) is 7.11 Å². The van der Waals surface area contributed by atoms with Crippen molar-refractivity contribution in [2.45, 2.75) is 6.54 Å². The van der Waals surface area contributed by atoms with Crippen LogP contribution < -0.4 is 5.73 Å². The highest BCUT2D eigenvalue weighted by Gasteiger charge is 2.14. The van der Waals surface area contributed by atoms with Crippen LogP contribution in [0.1, 0.15) is 15.9 Å². The molecule has 0 saturated heterocycles. The number of nitrogens with two attached hydrogens (primary N) is 1. The molecule has 0 atom stereocenters. The van der Waals surface area contributed by atoms with Gasteiger partial charge < -0.3 is 15.5 Å². The van der Waals surface area contributed by atoms with Gasteiger partial charge in [0.05, 0.1) is 12.7 Å². The second-order valence-electron chi connectivity index (χ2n) is 3.24. The minimum atomic E-state index is -0.345. The highest BCUT2D eigenvalue weighted by atomic mass is 16.5. The summed E-state index contributed by atoms with van der Waals surface area (Å²) in [5.74, 6) is -0.345. The number of aromatic nitrogens is 1. The van der Waals surface area contributed by atoms with Crippen LogP contribution in [0.5, 0.6) is 0 Å². The van der Waals surface area contributed by atoms with E-state index in [0.717, 1.165) is 16.5 Å². The molecule has 1 heterocycles. The number of ether oxygens (including phenoxy) is 1. The van der Waals surface area contributed by atoms with Gasteiger partial charge in [0.15, 0.2) is 0 Å². The van der Waals surface area contributed by atoms with Crippen LogP contribution >= 0.6 is 0 Å². The predicted molar refractivity (Wildman–Crippen MR) is 57.5 cm³/mol. The zero-order chi connectivity index (χ0) is 10.8. The van der Waals surface area contributed by atoms with Crippen LogP contribution in [0.4, 0.5) is 0 Å². The molecular weight excluding hydrogens is 192 g/mol. The molecule has 0 amide bonds. The molecule has 1 aromatic carbocycles. The van der Waals surface area contributed by atoms with Gasteiger partial charge in [0, 0.05) is 23.6 Å². The molecule has 0 radical (unpaired) electrons. The first-order valence-corrected chi connectivity index (χ1v) is 4.65. The van der Waals surface area contributed by atoms with E-state index in [9.17, 15) is 4.79 Å². The number of H-pyrrole nitrogens is 1. The van der Waals surface area contributed by atoms with Gasteiger partial charge in [-0.3, -0.25) is 0 Å². The molecule has 78 valence electrons. The Morgan fingerprint density at radius 3 is 3.00 bits per heavy atom. The van der Waals surface area contributed by atoms with Crippen molar-refractivity contribution in [2.75, 3.05) is 7.11 Å². The molecule has 1 aromatic heterocycles. The lowest BCUT2D eigenvalue weighted by Gasteiger charge is -2.02. The van der Waals surface area contributed by atoms with Crippen LogP contribution in [0.3, 0.4) is 0 Å². The Morgan fingerprint density at radius 2 is 2.33 bits per heavy atom. The van der Waals surface area contributed by atoms with Gasteiger partial charge in [0.25, 0.3) is 0 Å². The summed E-state index contributed by atoms with van der Waals surface area (Å²) in [4.78, 5) is 14.5. The van der Waals surface area contributed by atoms with Gasteiger partial charge >= 0.3 is 5.97 Å². The van der Waals surface area contributed by atoms with E-state index in [2.05, 4.69) is 4.98 Å². The number of nitrogens with one attached hydrogen (secondary N) is 1. The zero-order valence-corrected chi connectivity index (χ0v) is 8.41. The topological polar surface area (TPSA) is 68.1 Å². The molecule has 0 aliphatic heterocycles. The fraction of sp³-hybridized carbons (Fsp3) is 0.182. The van der Waals surface area contributed by atoms with Crippen LogP contribution in [-0.2, 0) is 11.3 Å². The van der Waals surface area contributed by atoms with Crippen molar-refractivity contribution in [2.24, 2.45) is 5.73 Å². The van der Waals surface area contributed by atoms with E-state index in [4.69, 9.17) is 10.5 Å². The Bertz CT molecular complexity index is 502. The molecule has 0 bridgehead atoms. The van der Waals surface area contributed by atoms with Crippen LogP contribution in [0.25, 0.3) is 10.9 Å². The van der Waals surface area contributed by atoms with Crippen molar-refractivity contribution in [3.8, 4) is 0 Å². The third kappa shape index (κ3) is 1.49. The molecule has 3 N–H and O–H groups in total. The smallest absolute Gasteiger partial charge is 0.340 e. The molecule has 4 nitrogen and oxygen atoms in total. The number of carbonyl (C=O) groups excluding carboxylic acids is 1. The van der Waals surface area contributed by atoms with E-state index >= 15 is 0 Å². The second-order valence-corrected chi connectivity index (χ2v) is 3.24. The van der Waals surface area contributed by atoms with Gasteiger partial charge in [-0.25, -0.2) is 4.79 Å². The summed E-state index contributed by atoms with van der Waals surface area (Å²) in [5.41, 5.74) is 8.00. The molecule has 0 saturated carbocycles. The molecule has 0 unspecified atom stereocenters. The normalized spacial score (nSPS) is 10.5. The third-order valence-electron chi connectivity index (χ3n) is 2.42. The van der Waals surface area contributed by atoms with Crippen LogP contribution in [0.2, 0.25) is 0 Å². The van der Waals surface area contributed by atoms with E-state index in [-0.39, 0.29) is 5.97 Å². The number of carbonyl (C=O) groups is 1. The number of rotatable bonds is 2. The zero-order valence-electron chi connectivity index (χ0n) is 8.41. The Hall–Kier alpha value is -1.81. The average molecular weight is 204 g/mol. The Kier molecular flexibility index (Phi) is 2.43. The van der Waals surface area contributed by atoms with Gasteiger partial charge in [0.2, 0.25) is 0 Å². The summed E-state index contributed by atoms with van der Waals surface area (Å²) < 4.78 is 4.70. The van der Waals surface area contributed by atoms with Gasteiger partial charge in [-0.1, -0.05) is 12.1 Å². The van der Waals surface area contributed by atoms with Crippen molar-refractivity contribution in [3.05, 3.63) is 35.5 Å². The number of fused-ring (bicyclic) bond motifs is 1. The first-order chi connectivity index (χ1) is 7.27. The standard InChI is InChI=1S/C11H12N2O2/c1-15-11(14)8-6-13-9-4-2-3-7(5-12)10(8)9/h2-4,6,13H,5,12H2,1H3. The van der Waals surface area contributed by atoms with Crippen LogP contribution in [-0.4, -0.2) is 18.1 Å². The van der Waals surface area contributed by atoms with E-state index in [1.807, 2.05) is 18.2 Å². The number of hydrogen-bond acceptors (Lipinski definition) is 3. The van der Waals surface area contributed by atoms with Gasteiger partial charge in [-0.2, -0.15) is 0 Å². The number of methoxy groups -OCH3 is 1. The molecule has 2 aromatic rings. The van der Waals surface area contributed by atoms with Gasteiger partial charge in [0.1, 0.15) is 0 Å². The minimum absolute atomic E-state index is 0.345. The fourth-order valence-corrected chi connectivity index (χ4v) is 1.70. The lowest BCUT2D eigenvalue weighted by atomic mass is 10.1. The van der Waals surface area contributed by atoms with E-state index in [0.29, 0.717) is 12.1 Å². The fourth-order valence-electron chi connectivity index (χ4n) is 1.70. The summed E-state index contributed by atoms with van der Waals surface area (Å²) in [6, 6.07) is 5.71. The largest absolute Gasteiger partial charge is 0.465 e. The Labute approximate surface area is 87.0 Å². The van der Waals surface area contributed by atoms with Crippen molar-refractivity contribution < 1.29 is 9.53 Å². The predicted octanol–water partition coefficient (Wildman–Crippen LogP) is 1.41. The molecule has 0 aliphatic carbocycles. The highest BCUT2D eigenvalue weighted by molar-refractivity contribution is 6.05. The molecular formula is C11H12N2O2. The van der Waals surface area contributed by atoms with Crippen molar-refractivity contribution in [3.63, 3.8) is 0 Å². The lowest BCUT2D eigenvalue weighted by molar-refractivity contribution is 0.0603. The molecule has 15 heavy (non-hydrogen) atoms. The van der Waals surface area contributed by atoms with Crippen molar-refractivity contribution in [1.82, 2.24) is 4.98 Å². The summed E-state index contributed by atoms with van der Waals surface area (Å²) in [7, 11) is 1.37. The van der Waals surface area contributed by atoms with E-state index in [1.54, 1.807) is 6.20 Å². The first kappa shape index (κ1) is 9.73. The summed E-state index contributed by atoms with van der Waals surface area (Å²) in [5, 5.41) is 0.854. The second kappa shape index (κ2) is 3.74. The third-order valence-corrected chi connectivity index (χ3v) is 2.42. The number of esters is 1. The summed E-state index contributed by atoms with van der Waals surface area (Å²) >= 11 is 0. The van der Waals surface area contributed by atoms with Crippen molar-refractivity contribution in [1.29, 1.82) is 0 Å². The molecule has 0 fully saturated rings. The quantitative estimate of drug-likeness (QED) is 0.727. The molecule has 0 aliphatic rings. The van der Waals surface area contributed by atoms with Crippen LogP contribution in [0.15, 0.2) is 24.4 Å². The summed E-state index contributed by atoms with van der Waals surface area (Å²) in [6.07, 6.45) is 1.65. The van der Waals surface area contributed by atoms with E-state index < -0.39 is 0 Å². The highest BCUT2D eigenvalue weighted by Crippen LogP contribution is 2.22.